The number of nitrogens with one attached hydrogen (secondary N) is 1. The maximum atomic E-state index is 11.9. The summed E-state index contributed by atoms with van der Waals surface area (Å²) in [6.07, 6.45) is -0.0985. The molecule has 0 fully saturated rings. The van der Waals surface area contributed by atoms with E-state index in [1.54, 1.807) is 0 Å². The minimum absolute atomic E-state index is 0.0985. The molecular weight excluding hydrogens is 309 g/mol. The molecule has 0 aliphatic heterocycles. The average molecular weight is 322 g/mol. The van der Waals surface area contributed by atoms with Crippen LogP contribution in [0.4, 0.5) is 0 Å². The molecule has 0 aromatic heterocycles. The van der Waals surface area contributed by atoms with Crippen LogP contribution in [0.2, 0.25) is 10.0 Å². The highest BCUT2D eigenvalue weighted by molar-refractivity contribution is 6.37. The smallest absolute Gasteiger partial charge is 0.326 e. The number of carboxylic acid groups (broad SMARTS) is 1. The fraction of sp³-hybridized carbons (Fsp3) is 0.333. The molecule has 0 spiro atoms. The van der Waals surface area contributed by atoms with E-state index in [9.17, 15) is 9.59 Å². The lowest BCUT2D eigenvalue weighted by Gasteiger charge is -2.14. The van der Waals surface area contributed by atoms with E-state index in [0.29, 0.717) is 0 Å². The van der Waals surface area contributed by atoms with Gasteiger partial charge in [0.2, 0.25) is 0 Å². The van der Waals surface area contributed by atoms with E-state index in [2.05, 4.69) is 5.32 Å². The molecule has 20 heavy (non-hydrogen) atoms. The Hall–Kier alpha value is -1.50. The number of benzene rings is 1. The predicted molar refractivity (Wildman–Crippen MR) is 73.6 cm³/mol. The molecule has 0 aliphatic rings. The first-order chi connectivity index (χ1) is 9.40. The lowest BCUT2D eigenvalue weighted by Crippen LogP contribution is -2.41. The van der Waals surface area contributed by atoms with Gasteiger partial charge in [0.25, 0.3) is 5.91 Å². The zero-order chi connectivity index (χ0) is 15.3. The van der Waals surface area contributed by atoms with E-state index in [1.165, 1.54) is 19.2 Å². The van der Waals surface area contributed by atoms with Crippen molar-refractivity contribution in [2.75, 3.05) is 13.7 Å². The highest BCUT2D eigenvalue weighted by Gasteiger charge is 2.21. The van der Waals surface area contributed by atoms with E-state index in [1.807, 2.05) is 0 Å². The molecule has 1 rings (SSSR count). The molecule has 0 saturated carbocycles. The molecule has 3 N–H and O–H groups in total. The monoisotopic (exact) mass is 321 g/mol. The predicted octanol–water partition coefficient (Wildman–Crippen LogP) is 1.57. The number of aliphatic carboxylic acids is 1. The summed E-state index contributed by atoms with van der Waals surface area (Å²) in [7, 11) is 1.38. The molecule has 1 amide bonds. The van der Waals surface area contributed by atoms with Crippen LogP contribution in [0.5, 0.6) is 5.75 Å². The number of amides is 1. The van der Waals surface area contributed by atoms with Gasteiger partial charge in [-0.1, -0.05) is 23.2 Å². The third-order valence-corrected chi connectivity index (χ3v) is 3.05. The van der Waals surface area contributed by atoms with Crippen molar-refractivity contribution in [3.63, 3.8) is 0 Å². The van der Waals surface area contributed by atoms with Gasteiger partial charge in [0.05, 0.1) is 17.2 Å². The molecule has 1 aromatic carbocycles. The summed E-state index contributed by atoms with van der Waals surface area (Å²) in [5.41, 5.74) is 0.102. The molecule has 0 saturated heterocycles. The zero-order valence-corrected chi connectivity index (χ0v) is 12.0. The number of hydrogen-bond acceptors (Lipinski definition) is 4. The molecule has 0 aliphatic carbocycles. The van der Waals surface area contributed by atoms with Gasteiger partial charge in [-0.3, -0.25) is 4.79 Å². The van der Waals surface area contributed by atoms with Crippen LogP contribution in [0, 0.1) is 0 Å². The summed E-state index contributed by atoms with van der Waals surface area (Å²) in [4.78, 5) is 22.8. The van der Waals surface area contributed by atoms with Crippen LogP contribution in [0.3, 0.4) is 0 Å². The molecule has 110 valence electrons. The Balaban J connectivity index is 2.95. The molecule has 0 bridgehead atoms. The van der Waals surface area contributed by atoms with Crippen molar-refractivity contribution < 1.29 is 24.5 Å². The van der Waals surface area contributed by atoms with Crippen molar-refractivity contribution in [3.8, 4) is 5.75 Å². The van der Waals surface area contributed by atoms with Crippen LogP contribution < -0.4 is 10.1 Å². The van der Waals surface area contributed by atoms with Crippen molar-refractivity contribution in [2.24, 2.45) is 0 Å². The van der Waals surface area contributed by atoms with E-state index < -0.39 is 17.9 Å². The van der Waals surface area contributed by atoms with Crippen LogP contribution in [0.25, 0.3) is 0 Å². The normalized spacial score (nSPS) is 11.8. The molecular formula is C12H13Cl2NO5. The summed E-state index contributed by atoms with van der Waals surface area (Å²) in [5, 5.41) is 20.2. The minimum Gasteiger partial charge on any atom is -0.494 e. The van der Waals surface area contributed by atoms with Crippen molar-refractivity contribution in [1.29, 1.82) is 0 Å². The maximum absolute atomic E-state index is 11.9. The summed E-state index contributed by atoms with van der Waals surface area (Å²) >= 11 is 11.8. The fourth-order valence-corrected chi connectivity index (χ4v) is 2.16. The van der Waals surface area contributed by atoms with Gasteiger partial charge in [-0.25, -0.2) is 4.79 Å². The zero-order valence-electron chi connectivity index (χ0n) is 10.5. The number of carboxylic acids is 1. The van der Waals surface area contributed by atoms with Crippen molar-refractivity contribution >= 4 is 35.1 Å². The first-order valence-electron chi connectivity index (χ1n) is 5.58. The van der Waals surface area contributed by atoms with Crippen LogP contribution in [0.15, 0.2) is 12.1 Å². The number of ether oxygens (including phenoxy) is 1. The largest absolute Gasteiger partial charge is 0.494 e. The Morgan fingerprint density at radius 1 is 1.35 bits per heavy atom. The topological polar surface area (TPSA) is 95.9 Å². The summed E-state index contributed by atoms with van der Waals surface area (Å²) in [6.45, 7) is -0.360. The van der Waals surface area contributed by atoms with Crippen LogP contribution in [0.1, 0.15) is 16.8 Å². The molecule has 0 heterocycles. The highest BCUT2D eigenvalue weighted by atomic mass is 35.5. The van der Waals surface area contributed by atoms with Crippen LogP contribution >= 0.6 is 23.2 Å². The van der Waals surface area contributed by atoms with Gasteiger partial charge in [-0.05, 0) is 12.1 Å². The lowest BCUT2D eigenvalue weighted by molar-refractivity contribution is -0.139. The van der Waals surface area contributed by atoms with Crippen LogP contribution in [-0.2, 0) is 4.79 Å². The Morgan fingerprint density at radius 2 is 1.90 bits per heavy atom. The molecule has 0 radical (unpaired) electrons. The van der Waals surface area contributed by atoms with Gasteiger partial charge < -0.3 is 20.3 Å². The number of hydrogen-bond donors (Lipinski definition) is 3. The van der Waals surface area contributed by atoms with E-state index in [0.717, 1.165) is 0 Å². The first-order valence-corrected chi connectivity index (χ1v) is 6.33. The first kappa shape index (κ1) is 16.6. The Bertz CT molecular complexity index is 498. The summed E-state index contributed by atoms with van der Waals surface area (Å²) < 4.78 is 4.95. The number of aliphatic hydroxyl groups excluding tert-OH is 1. The van der Waals surface area contributed by atoms with Crippen LogP contribution in [-0.4, -0.2) is 41.8 Å². The third kappa shape index (κ3) is 4.00. The number of aliphatic hydroxyl groups is 1. The number of carbonyl (C=O) groups is 2. The Morgan fingerprint density at radius 3 is 2.30 bits per heavy atom. The lowest BCUT2D eigenvalue weighted by atomic mass is 10.1. The Kier molecular flexibility index (Phi) is 6.06. The number of carbonyl (C=O) groups excluding carboxylic acids is 1. The van der Waals surface area contributed by atoms with E-state index in [-0.39, 0.29) is 34.4 Å². The Labute approximate surface area is 125 Å². The van der Waals surface area contributed by atoms with Gasteiger partial charge >= 0.3 is 5.97 Å². The molecule has 1 aromatic rings. The van der Waals surface area contributed by atoms with Gasteiger partial charge in [0, 0.05) is 18.6 Å². The second-order valence-electron chi connectivity index (χ2n) is 3.85. The summed E-state index contributed by atoms with van der Waals surface area (Å²) in [6, 6.07) is 1.45. The van der Waals surface area contributed by atoms with Crippen molar-refractivity contribution in [1.82, 2.24) is 5.32 Å². The fourth-order valence-electron chi connectivity index (χ4n) is 1.51. The van der Waals surface area contributed by atoms with Gasteiger partial charge in [-0.15, -0.1) is 0 Å². The van der Waals surface area contributed by atoms with Gasteiger partial charge in [0.1, 0.15) is 6.04 Å². The van der Waals surface area contributed by atoms with Gasteiger partial charge in [0.15, 0.2) is 5.75 Å². The quantitative estimate of drug-likeness (QED) is 0.739. The molecule has 1 unspecified atom stereocenters. The van der Waals surface area contributed by atoms with Crippen molar-refractivity contribution in [2.45, 2.75) is 12.5 Å². The van der Waals surface area contributed by atoms with E-state index in [4.69, 9.17) is 38.2 Å². The standard InChI is InChI=1S/C12H13Cl2NO5/c1-20-10-7(13)4-6(5-8(10)14)11(17)15-9(2-3-16)12(18)19/h4-5,9,16H,2-3H2,1H3,(H,15,17)(H,18,19). The van der Waals surface area contributed by atoms with Gasteiger partial charge in [-0.2, -0.15) is 0 Å². The highest BCUT2D eigenvalue weighted by Crippen LogP contribution is 2.33. The molecule has 8 heteroatoms. The second kappa shape index (κ2) is 7.33. The minimum atomic E-state index is -1.24. The second-order valence-corrected chi connectivity index (χ2v) is 4.66. The third-order valence-electron chi connectivity index (χ3n) is 2.49. The molecule has 6 nitrogen and oxygen atoms in total. The maximum Gasteiger partial charge on any atom is 0.326 e. The molecule has 1 atom stereocenters. The summed E-state index contributed by atoms with van der Waals surface area (Å²) in [5.74, 6) is -1.66. The number of halogens is 2. The van der Waals surface area contributed by atoms with Crippen molar-refractivity contribution in [3.05, 3.63) is 27.7 Å². The average Bonchev–Trinajstić information content (AvgIpc) is 2.37. The SMILES string of the molecule is COc1c(Cl)cc(C(=O)NC(CCO)C(=O)O)cc1Cl. The number of rotatable bonds is 6. The van der Waals surface area contributed by atoms with E-state index >= 15 is 0 Å². The number of methoxy groups -OCH3 is 1.